The second kappa shape index (κ2) is 8.78. The highest BCUT2D eigenvalue weighted by Crippen LogP contribution is 2.51. The number of epoxide rings is 4. The lowest BCUT2D eigenvalue weighted by Crippen LogP contribution is -2.13. The molecular formula is C24H26O8. The summed E-state index contributed by atoms with van der Waals surface area (Å²) >= 11 is 0. The molecule has 8 heteroatoms. The molecular weight excluding hydrogens is 416 g/mol. The smallest absolute Gasteiger partial charge is 0.204 e. The molecule has 0 aliphatic carbocycles. The van der Waals surface area contributed by atoms with E-state index in [1.54, 1.807) is 0 Å². The molecule has 2 aromatic carbocycles. The summed E-state index contributed by atoms with van der Waals surface area (Å²) in [6.07, 6.45) is 0.413. The first-order chi connectivity index (χ1) is 15.8. The molecule has 4 fully saturated rings. The van der Waals surface area contributed by atoms with E-state index >= 15 is 0 Å². The third-order valence-corrected chi connectivity index (χ3v) is 5.51. The predicted octanol–water partition coefficient (Wildman–Crippen LogP) is 2.46. The van der Waals surface area contributed by atoms with Gasteiger partial charge in [-0.25, -0.2) is 0 Å². The van der Waals surface area contributed by atoms with Crippen LogP contribution in [-0.2, 0) is 18.9 Å². The van der Waals surface area contributed by atoms with Gasteiger partial charge in [0.1, 0.15) is 56.6 Å². The van der Waals surface area contributed by atoms with Crippen LogP contribution in [0.3, 0.4) is 0 Å². The van der Waals surface area contributed by atoms with Gasteiger partial charge in [-0.15, -0.1) is 0 Å². The zero-order chi connectivity index (χ0) is 21.3. The fourth-order valence-electron chi connectivity index (χ4n) is 3.34. The minimum atomic E-state index is 0.0897. The van der Waals surface area contributed by atoms with Crippen molar-refractivity contribution in [3.63, 3.8) is 0 Å². The molecule has 0 saturated carbocycles. The molecule has 170 valence electrons. The number of ether oxygens (including phenoxy) is 8. The Balaban J connectivity index is 1.41. The molecule has 0 radical (unpaired) electrons. The van der Waals surface area contributed by atoms with Gasteiger partial charge in [-0.2, -0.15) is 0 Å². The van der Waals surface area contributed by atoms with Gasteiger partial charge in [0.15, 0.2) is 11.5 Å². The summed E-state index contributed by atoms with van der Waals surface area (Å²) in [6.45, 7) is 4.58. The van der Waals surface area contributed by atoms with Gasteiger partial charge in [-0.3, -0.25) is 0 Å². The van der Waals surface area contributed by atoms with Crippen molar-refractivity contribution >= 4 is 0 Å². The standard InChI is InChI=1S/C24H26O8/c1-2-4-15(5-3-1)22-20(29-11-16-7-25-16)6-21(30-12-17-8-26-17)23(31-13-18-9-27-18)24(22)32-14-19-10-28-19/h1-6,16-19H,7-14H2. The quantitative estimate of drug-likeness (QED) is 0.437. The summed E-state index contributed by atoms with van der Waals surface area (Å²) < 4.78 is 46.3. The molecule has 0 bridgehead atoms. The lowest BCUT2D eigenvalue weighted by molar-refractivity contribution is 0.206. The summed E-state index contributed by atoms with van der Waals surface area (Å²) in [7, 11) is 0. The van der Waals surface area contributed by atoms with E-state index in [-0.39, 0.29) is 24.4 Å². The fourth-order valence-corrected chi connectivity index (χ4v) is 3.34. The lowest BCUT2D eigenvalue weighted by atomic mass is 10.0. The maximum absolute atomic E-state index is 6.31. The van der Waals surface area contributed by atoms with Gasteiger partial charge in [-0.05, 0) is 5.56 Å². The average Bonchev–Trinajstić information content (AvgIpc) is 3.65. The second-order valence-electron chi connectivity index (χ2n) is 8.34. The van der Waals surface area contributed by atoms with E-state index in [4.69, 9.17) is 37.9 Å². The summed E-state index contributed by atoms with van der Waals surface area (Å²) in [5.74, 6) is 2.38. The zero-order valence-corrected chi connectivity index (χ0v) is 17.7. The maximum atomic E-state index is 6.31. The van der Waals surface area contributed by atoms with Crippen molar-refractivity contribution in [3.8, 4) is 34.1 Å². The first-order valence-electron chi connectivity index (χ1n) is 11.1. The van der Waals surface area contributed by atoms with Crippen molar-refractivity contribution in [2.75, 3.05) is 52.9 Å². The third-order valence-electron chi connectivity index (χ3n) is 5.51. The molecule has 4 aliphatic rings. The lowest BCUT2D eigenvalue weighted by Gasteiger charge is -2.22. The Bertz CT molecular complexity index is 933. The first kappa shape index (κ1) is 20.1. The third kappa shape index (κ3) is 5.10. The van der Waals surface area contributed by atoms with Crippen LogP contribution in [0, 0.1) is 0 Å². The summed E-state index contributed by atoms with van der Waals surface area (Å²) in [6, 6.07) is 11.9. The van der Waals surface area contributed by atoms with Crippen molar-refractivity contribution in [2.45, 2.75) is 24.4 Å². The second-order valence-corrected chi connectivity index (χ2v) is 8.34. The van der Waals surface area contributed by atoms with E-state index in [9.17, 15) is 0 Å². The van der Waals surface area contributed by atoms with Crippen LogP contribution in [0.5, 0.6) is 23.0 Å². The molecule has 0 amide bonds. The van der Waals surface area contributed by atoms with Crippen LogP contribution >= 0.6 is 0 Å². The SMILES string of the molecule is c1ccc(-c2c(OCC3CO3)cc(OCC3CO3)c(OCC3CO3)c2OCC2CO2)cc1. The summed E-state index contributed by atoms with van der Waals surface area (Å²) in [5, 5.41) is 0. The molecule has 2 aromatic rings. The van der Waals surface area contributed by atoms with Crippen molar-refractivity contribution in [3.05, 3.63) is 36.4 Å². The highest BCUT2D eigenvalue weighted by molar-refractivity contribution is 5.82. The van der Waals surface area contributed by atoms with E-state index < -0.39 is 0 Å². The number of hydrogen-bond acceptors (Lipinski definition) is 8. The Hall–Kier alpha value is -2.52. The van der Waals surface area contributed by atoms with E-state index in [0.29, 0.717) is 75.9 Å². The van der Waals surface area contributed by atoms with E-state index in [1.165, 1.54) is 0 Å². The molecule has 0 spiro atoms. The molecule has 4 saturated heterocycles. The van der Waals surface area contributed by atoms with Gasteiger partial charge >= 0.3 is 0 Å². The molecule has 0 aromatic heterocycles. The number of hydrogen-bond donors (Lipinski definition) is 0. The minimum Gasteiger partial charge on any atom is -0.490 e. The van der Waals surface area contributed by atoms with Crippen LogP contribution in [0.15, 0.2) is 36.4 Å². The van der Waals surface area contributed by atoms with Crippen LogP contribution in [0.25, 0.3) is 11.1 Å². The van der Waals surface area contributed by atoms with E-state index in [0.717, 1.165) is 11.1 Å². The first-order valence-corrected chi connectivity index (χ1v) is 11.1. The van der Waals surface area contributed by atoms with Crippen LogP contribution in [-0.4, -0.2) is 77.3 Å². The predicted molar refractivity (Wildman–Crippen MR) is 113 cm³/mol. The Morgan fingerprint density at radius 1 is 0.594 bits per heavy atom. The van der Waals surface area contributed by atoms with Crippen LogP contribution in [0.2, 0.25) is 0 Å². The summed E-state index contributed by atoms with van der Waals surface area (Å²) in [4.78, 5) is 0. The highest BCUT2D eigenvalue weighted by atomic mass is 16.6. The molecule has 4 heterocycles. The van der Waals surface area contributed by atoms with Gasteiger partial charge in [0, 0.05) is 6.07 Å². The topological polar surface area (TPSA) is 87.0 Å². The van der Waals surface area contributed by atoms with Crippen LogP contribution in [0.1, 0.15) is 0 Å². The number of benzene rings is 2. The molecule has 4 unspecified atom stereocenters. The van der Waals surface area contributed by atoms with Gasteiger partial charge < -0.3 is 37.9 Å². The molecule has 6 rings (SSSR count). The van der Waals surface area contributed by atoms with Gasteiger partial charge in [0.2, 0.25) is 5.75 Å². The van der Waals surface area contributed by atoms with Crippen LogP contribution in [0.4, 0.5) is 0 Å². The van der Waals surface area contributed by atoms with Crippen molar-refractivity contribution < 1.29 is 37.9 Å². The Kier molecular flexibility index (Phi) is 5.52. The maximum Gasteiger partial charge on any atom is 0.204 e. The molecule has 4 atom stereocenters. The monoisotopic (exact) mass is 442 g/mol. The van der Waals surface area contributed by atoms with Crippen molar-refractivity contribution in [1.29, 1.82) is 0 Å². The van der Waals surface area contributed by atoms with Gasteiger partial charge in [0.25, 0.3) is 0 Å². The zero-order valence-electron chi connectivity index (χ0n) is 17.7. The molecule has 0 N–H and O–H groups in total. The van der Waals surface area contributed by atoms with E-state index in [1.807, 2.05) is 36.4 Å². The Morgan fingerprint density at radius 2 is 1.06 bits per heavy atom. The van der Waals surface area contributed by atoms with Gasteiger partial charge in [0.05, 0.1) is 32.0 Å². The molecule has 4 aliphatic heterocycles. The molecule has 8 nitrogen and oxygen atoms in total. The fraction of sp³-hybridized carbons (Fsp3) is 0.500. The van der Waals surface area contributed by atoms with E-state index in [2.05, 4.69) is 0 Å². The highest BCUT2D eigenvalue weighted by Gasteiger charge is 2.32. The Morgan fingerprint density at radius 3 is 1.59 bits per heavy atom. The average molecular weight is 442 g/mol. The molecule has 32 heavy (non-hydrogen) atoms. The minimum absolute atomic E-state index is 0.0897. The Labute approximate surface area is 186 Å². The van der Waals surface area contributed by atoms with Crippen molar-refractivity contribution in [1.82, 2.24) is 0 Å². The summed E-state index contributed by atoms with van der Waals surface area (Å²) in [5.41, 5.74) is 1.80. The van der Waals surface area contributed by atoms with Crippen LogP contribution < -0.4 is 18.9 Å². The van der Waals surface area contributed by atoms with Gasteiger partial charge in [-0.1, -0.05) is 30.3 Å². The number of rotatable bonds is 13. The largest absolute Gasteiger partial charge is 0.490 e. The van der Waals surface area contributed by atoms with Crippen molar-refractivity contribution in [2.24, 2.45) is 0 Å². The normalized spacial score (nSPS) is 26.9.